The number of hydrogen-bond donors (Lipinski definition) is 1. The Kier molecular flexibility index (Phi) is 4.85. The van der Waals surface area contributed by atoms with Crippen LogP contribution in [0.5, 0.6) is 0 Å². The molecule has 1 fully saturated rings. The van der Waals surface area contributed by atoms with Gasteiger partial charge in [-0.1, -0.05) is 23.9 Å². The molecule has 3 heterocycles. The predicted molar refractivity (Wildman–Crippen MR) is 99.0 cm³/mol. The zero-order valence-electron chi connectivity index (χ0n) is 14.3. The van der Waals surface area contributed by atoms with Gasteiger partial charge in [0.25, 0.3) is 0 Å². The summed E-state index contributed by atoms with van der Waals surface area (Å²) in [6.45, 7) is 2.12. The van der Waals surface area contributed by atoms with Crippen molar-refractivity contribution in [3.8, 4) is 5.69 Å². The van der Waals surface area contributed by atoms with Crippen LogP contribution >= 0.6 is 11.8 Å². The van der Waals surface area contributed by atoms with Gasteiger partial charge in [0.2, 0.25) is 0 Å². The average Bonchev–Trinajstić information content (AvgIpc) is 3.31. The summed E-state index contributed by atoms with van der Waals surface area (Å²) in [7, 11) is 2.08. The molecule has 1 aromatic carbocycles. The highest BCUT2D eigenvalue weighted by atomic mass is 32.2. The van der Waals surface area contributed by atoms with E-state index in [0.29, 0.717) is 5.92 Å². The van der Waals surface area contributed by atoms with E-state index in [1.165, 1.54) is 18.4 Å². The summed E-state index contributed by atoms with van der Waals surface area (Å²) in [6, 6.07) is 10.4. The van der Waals surface area contributed by atoms with E-state index in [0.717, 1.165) is 35.5 Å². The van der Waals surface area contributed by atoms with Crippen LogP contribution in [0.2, 0.25) is 0 Å². The average molecular weight is 354 g/mol. The molecule has 0 spiro atoms. The highest BCUT2D eigenvalue weighted by molar-refractivity contribution is 7.98. The van der Waals surface area contributed by atoms with Gasteiger partial charge in [0.05, 0.1) is 5.69 Å². The van der Waals surface area contributed by atoms with Gasteiger partial charge in [0.15, 0.2) is 5.16 Å². The molecule has 4 rings (SSSR count). The van der Waals surface area contributed by atoms with Crippen molar-refractivity contribution in [2.75, 3.05) is 13.1 Å². The Balaban J connectivity index is 1.45. The SMILES string of the molecule is Cn1c(SCc2cccc(-n3cccn3)c2)nnc1C1CCCNC1. The second-order valence-corrected chi connectivity index (χ2v) is 7.29. The first-order valence-electron chi connectivity index (χ1n) is 8.63. The van der Waals surface area contributed by atoms with Gasteiger partial charge >= 0.3 is 0 Å². The molecule has 25 heavy (non-hydrogen) atoms. The van der Waals surface area contributed by atoms with Crippen LogP contribution in [-0.4, -0.2) is 37.6 Å². The second kappa shape index (κ2) is 7.41. The van der Waals surface area contributed by atoms with Gasteiger partial charge in [-0.3, -0.25) is 0 Å². The zero-order valence-corrected chi connectivity index (χ0v) is 15.1. The molecule has 130 valence electrons. The molecule has 6 nitrogen and oxygen atoms in total. The minimum Gasteiger partial charge on any atom is -0.316 e. The fraction of sp³-hybridized carbons (Fsp3) is 0.389. The van der Waals surface area contributed by atoms with Crippen LogP contribution in [0.3, 0.4) is 0 Å². The van der Waals surface area contributed by atoms with Crippen LogP contribution in [0.25, 0.3) is 5.69 Å². The minimum absolute atomic E-state index is 0.476. The normalized spacial score (nSPS) is 17.7. The fourth-order valence-electron chi connectivity index (χ4n) is 3.24. The van der Waals surface area contributed by atoms with Crippen molar-refractivity contribution in [3.05, 3.63) is 54.1 Å². The molecule has 0 aliphatic carbocycles. The Bertz CT molecular complexity index is 820. The number of hydrogen-bond acceptors (Lipinski definition) is 5. The van der Waals surface area contributed by atoms with Gasteiger partial charge in [-0.25, -0.2) is 4.68 Å². The summed E-state index contributed by atoms with van der Waals surface area (Å²) in [5.41, 5.74) is 2.33. The number of aromatic nitrogens is 5. The maximum absolute atomic E-state index is 4.45. The molecule has 1 saturated heterocycles. The van der Waals surface area contributed by atoms with E-state index in [4.69, 9.17) is 0 Å². The Hall–Kier alpha value is -2.12. The maximum Gasteiger partial charge on any atom is 0.191 e. The summed E-state index contributed by atoms with van der Waals surface area (Å²) >= 11 is 1.73. The molecular weight excluding hydrogens is 332 g/mol. The summed E-state index contributed by atoms with van der Waals surface area (Å²) in [6.07, 6.45) is 6.15. The minimum atomic E-state index is 0.476. The molecule has 1 aliphatic heterocycles. The number of benzene rings is 1. The highest BCUT2D eigenvalue weighted by Crippen LogP contribution is 2.27. The molecule has 1 unspecified atom stereocenters. The smallest absolute Gasteiger partial charge is 0.191 e. The van der Waals surface area contributed by atoms with Crippen molar-refractivity contribution in [3.63, 3.8) is 0 Å². The molecule has 1 N–H and O–H groups in total. The van der Waals surface area contributed by atoms with Crippen molar-refractivity contribution in [1.82, 2.24) is 29.9 Å². The van der Waals surface area contributed by atoms with Crippen LogP contribution in [0.4, 0.5) is 0 Å². The van der Waals surface area contributed by atoms with Crippen molar-refractivity contribution in [1.29, 1.82) is 0 Å². The van der Waals surface area contributed by atoms with Crippen molar-refractivity contribution >= 4 is 11.8 Å². The lowest BCUT2D eigenvalue weighted by Gasteiger charge is -2.21. The molecule has 0 radical (unpaired) electrons. The second-order valence-electron chi connectivity index (χ2n) is 6.35. The van der Waals surface area contributed by atoms with Gasteiger partial charge in [-0.2, -0.15) is 5.10 Å². The Morgan fingerprint density at radius 1 is 1.28 bits per heavy atom. The first-order valence-corrected chi connectivity index (χ1v) is 9.61. The molecule has 7 heteroatoms. The third-order valence-electron chi connectivity index (χ3n) is 4.58. The lowest BCUT2D eigenvalue weighted by molar-refractivity contribution is 0.436. The van der Waals surface area contributed by atoms with E-state index < -0.39 is 0 Å². The number of thioether (sulfide) groups is 1. The number of nitrogens with one attached hydrogen (secondary N) is 1. The van der Waals surface area contributed by atoms with Crippen molar-refractivity contribution in [2.45, 2.75) is 29.7 Å². The standard InChI is InChI=1S/C18H22N6S/c1-23-17(15-6-3-8-19-12-15)21-22-18(23)25-13-14-5-2-7-16(11-14)24-10-4-9-20-24/h2,4-5,7,9-11,15,19H,3,6,8,12-13H2,1H3. The molecule has 3 aromatic rings. The van der Waals surface area contributed by atoms with E-state index in [1.807, 2.05) is 16.9 Å². The van der Waals surface area contributed by atoms with Crippen LogP contribution in [0, 0.1) is 0 Å². The fourth-order valence-corrected chi connectivity index (χ4v) is 4.10. The van der Waals surface area contributed by atoms with Crippen LogP contribution < -0.4 is 5.32 Å². The molecule has 2 aromatic heterocycles. The summed E-state index contributed by atoms with van der Waals surface area (Å²) < 4.78 is 4.03. The summed E-state index contributed by atoms with van der Waals surface area (Å²) in [5, 5.41) is 17.6. The first-order chi connectivity index (χ1) is 12.3. The lowest BCUT2D eigenvalue weighted by atomic mass is 9.99. The third kappa shape index (κ3) is 3.62. The van der Waals surface area contributed by atoms with Crippen LogP contribution in [0.15, 0.2) is 47.9 Å². The van der Waals surface area contributed by atoms with Gasteiger partial charge in [-0.05, 0) is 43.1 Å². The van der Waals surface area contributed by atoms with E-state index in [1.54, 1.807) is 18.0 Å². The van der Waals surface area contributed by atoms with Crippen molar-refractivity contribution in [2.24, 2.45) is 7.05 Å². The Labute approximate surface area is 151 Å². The maximum atomic E-state index is 4.45. The summed E-state index contributed by atoms with van der Waals surface area (Å²) in [5.74, 6) is 2.44. The molecule has 0 amide bonds. The topological polar surface area (TPSA) is 60.6 Å². The predicted octanol–water partition coefficient (Wildman–Crippen LogP) is 2.76. The van der Waals surface area contributed by atoms with Crippen molar-refractivity contribution < 1.29 is 0 Å². The largest absolute Gasteiger partial charge is 0.316 e. The summed E-state index contributed by atoms with van der Waals surface area (Å²) in [4.78, 5) is 0. The monoisotopic (exact) mass is 354 g/mol. The zero-order chi connectivity index (χ0) is 17.1. The molecular formula is C18H22N6S. The number of piperidine rings is 1. The van der Waals surface area contributed by atoms with E-state index in [2.05, 4.69) is 56.5 Å². The molecule has 1 atom stereocenters. The Morgan fingerprint density at radius 3 is 3.04 bits per heavy atom. The van der Waals surface area contributed by atoms with Gasteiger partial charge < -0.3 is 9.88 Å². The highest BCUT2D eigenvalue weighted by Gasteiger charge is 2.21. The molecule has 0 bridgehead atoms. The third-order valence-corrected chi connectivity index (χ3v) is 5.67. The van der Waals surface area contributed by atoms with E-state index >= 15 is 0 Å². The quantitative estimate of drug-likeness (QED) is 0.714. The Morgan fingerprint density at radius 2 is 2.24 bits per heavy atom. The van der Waals surface area contributed by atoms with Crippen LogP contribution in [-0.2, 0) is 12.8 Å². The number of nitrogens with zero attached hydrogens (tertiary/aromatic N) is 5. The van der Waals surface area contributed by atoms with Gasteiger partial charge in [0, 0.05) is 37.7 Å². The number of rotatable bonds is 5. The van der Waals surface area contributed by atoms with Crippen LogP contribution in [0.1, 0.15) is 30.1 Å². The van der Waals surface area contributed by atoms with Gasteiger partial charge in [-0.15, -0.1) is 10.2 Å². The van der Waals surface area contributed by atoms with E-state index in [-0.39, 0.29) is 0 Å². The molecule has 0 saturated carbocycles. The first kappa shape index (κ1) is 16.4. The lowest BCUT2D eigenvalue weighted by Crippen LogP contribution is -2.29. The molecule has 1 aliphatic rings. The van der Waals surface area contributed by atoms with Gasteiger partial charge in [0.1, 0.15) is 5.82 Å². The van der Waals surface area contributed by atoms with E-state index in [9.17, 15) is 0 Å².